The first-order valence-electron chi connectivity index (χ1n) is 8.38. The van der Waals surface area contributed by atoms with Gasteiger partial charge in [-0.25, -0.2) is 0 Å². The Bertz CT molecular complexity index is 659. The molecule has 0 bridgehead atoms. The topological polar surface area (TPSA) is 33.1 Å². The number of halogens is 1. The number of benzene rings is 1. The third-order valence-corrected chi connectivity index (χ3v) is 5.00. The summed E-state index contributed by atoms with van der Waals surface area (Å²) in [5.74, 6) is 0. The van der Waals surface area contributed by atoms with Crippen LogP contribution in [0.15, 0.2) is 30.5 Å². The van der Waals surface area contributed by atoms with Crippen LogP contribution >= 0.6 is 12.4 Å². The molecule has 0 saturated carbocycles. The van der Waals surface area contributed by atoms with Crippen molar-refractivity contribution in [2.45, 2.75) is 38.8 Å². The Morgan fingerprint density at radius 1 is 1.22 bits per heavy atom. The van der Waals surface area contributed by atoms with Crippen LogP contribution in [0.2, 0.25) is 0 Å². The average Bonchev–Trinajstić information content (AvgIpc) is 3.17. The highest BCUT2D eigenvalue weighted by atomic mass is 35.5. The van der Waals surface area contributed by atoms with Gasteiger partial charge < -0.3 is 5.32 Å². The minimum absolute atomic E-state index is 0. The van der Waals surface area contributed by atoms with E-state index in [4.69, 9.17) is 0 Å². The van der Waals surface area contributed by atoms with Gasteiger partial charge in [-0.2, -0.15) is 5.10 Å². The molecule has 3 heterocycles. The van der Waals surface area contributed by atoms with E-state index >= 15 is 0 Å². The predicted octanol–water partition coefficient (Wildman–Crippen LogP) is 3.42. The first-order chi connectivity index (χ1) is 10.8. The molecule has 5 heteroatoms. The summed E-state index contributed by atoms with van der Waals surface area (Å²) in [6.07, 6.45) is 5.70. The van der Waals surface area contributed by atoms with Gasteiger partial charge in [0.1, 0.15) is 0 Å². The molecule has 0 atom stereocenters. The third kappa shape index (κ3) is 3.38. The fourth-order valence-electron chi connectivity index (χ4n) is 3.76. The maximum absolute atomic E-state index is 4.58. The van der Waals surface area contributed by atoms with Crippen LogP contribution in [-0.2, 0) is 13.0 Å². The van der Waals surface area contributed by atoms with E-state index < -0.39 is 0 Å². The van der Waals surface area contributed by atoms with Gasteiger partial charge >= 0.3 is 0 Å². The highest BCUT2D eigenvalue weighted by Gasteiger charge is 2.22. The van der Waals surface area contributed by atoms with E-state index in [1.807, 2.05) is 0 Å². The van der Waals surface area contributed by atoms with Crippen LogP contribution in [0.25, 0.3) is 0 Å². The minimum Gasteiger partial charge on any atom is -0.384 e. The van der Waals surface area contributed by atoms with E-state index in [0.29, 0.717) is 6.04 Å². The second-order valence-electron chi connectivity index (χ2n) is 6.57. The number of para-hydroxylation sites is 1. The van der Waals surface area contributed by atoms with Crippen molar-refractivity contribution in [2.24, 2.45) is 0 Å². The van der Waals surface area contributed by atoms with Crippen molar-refractivity contribution < 1.29 is 0 Å². The first kappa shape index (κ1) is 16.3. The van der Waals surface area contributed by atoms with Gasteiger partial charge in [0.2, 0.25) is 0 Å². The number of nitrogens with one attached hydrogen (secondary N) is 1. The standard InChI is InChI=1S/C18H24N4.ClH/c1-14-6-12-22(20-14)17-7-10-21(11-8-17)13-16-4-2-3-15-5-9-19-18(15)16;/h2-4,6,12,17,19H,5,7-11,13H2,1H3;1H. The van der Waals surface area contributed by atoms with Crippen LogP contribution in [0.4, 0.5) is 5.69 Å². The van der Waals surface area contributed by atoms with Gasteiger partial charge in [-0.3, -0.25) is 9.58 Å². The lowest BCUT2D eigenvalue weighted by Crippen LogP contribution is -2.34. The summed E-state index contributed by atoms with van der Waals surface area (Å²) in [5.41, 5.74) is 5.46. The molecule has 2 aliphatic heterocycles. The van der Waals surface area contributed by atoms with Gasteiger partial charge in [0, 0.05) is 38.1 Å². The van der Waals surface area contributed by atoms with Crippen molar-refractivity contribution in [1.29, 1.82) is 0 Å². The monoisotopic (exact) mass is 332 g/mol. The molecule has 0 spiro atoms. The smallest absolute Gasteiger partial charge is 0.0593 e. The molecule has 1 fully saturated rings. The van der Waals surface area contributed by atoms with E-state index in [9.17, 15) is 0 Å². The number of rotatable bonds is 3. The fraction of sp³-hybridized carbons (Fsp3) is 0.500. The van der Waals surface area contributed by atoms with Crippen molar-refractivity contribution in [1.82, 2.24) is 14.7 Å². The molecule has 23 heavy (non-hydrogen) atoms. The molecule has 124 valence electrons. The van der Waals surface area contributed by atoms with Crippen LogP contribution in [0.5, 0.6) is 0 Å². The second-order valence-corrected chi connectivity index (χ2v) is 6.57. The van der Waals surface area contributed by atoms with Crippen molar-refractivity contribution in [3.8, 4) is 0 Å². The first-order valence-corrected chi connectivity index (χ1v) is 8.38. The van der Waals surface area contributed by atoms with Crippen LogP contribution in [0.1, 0.15) is 35.7 Å². The lowest BCUT2D eigenvalue weighted by molar-refractivity contribution is 0.173. The SMILES string of the molecule is Cc1ccn(C2CCN(Cc3cccc4c3NCC4)CC2)n1.Cl. The summed E-state index contributed by atoms with van der Waals surface area (Å²) in [5, 5.41) is 8.13. The number of aromatic nitrogens is 2. The number of anilines is 1. The highest BCUT2D eigenvalue weighted by molar-refractivity contribution is 5.85. The van der Waals surface area contributed by atoms with Gasteiger partial charge in [-0.1, -0.05) is 18.2 Å². The van der Waals surface area contributed by atoms with Crippen LogP contribution in [0, 0.1) is 6.92 Å². The number of hydrogen-bond donors (Lipinski definition) is 1. The molecule has 0 radical (unpaired) electrons. The van der Waals surface area contributed by atoms with Crippen LogP contribution in [0.3, 0.4) is 0 Å². The fourth-order valence-corrected chi connectivity index (χ4v) is 3.76. The normalized spacial score (nSPS) is 18.3. The number of aryl methyl sites for hydroxylation is 1. The molecule has 2 aliphatic rings. The lowest BCUT2D eigenvalue weighted by Gasteiger charge is -2.32. The van der Waals surface area contributed by atoms with Crippen molar-refractivity contribution in [2.75, 3.05) is 25.0 Å². The number of nitrogens with zero attached hydrogens (tertiary/aromatic N) is 3. The highest BCUT2D eigenvalue weighted by Crippen LogP contribution is 2.29. The molecule has 0 unspecified atom stereocenters. The Labute approximate surface area is 144 Å². The van der Waals surface area contributed by atoms with E-state index in [0.717, 1.165) is 31.9 Å². The largest absolute Gasteiger partial charge is 0.384 e. The number of likely N-dealkylation sites (tertiary alicyclic amines) is 1. The predicted molar refractivity (Wildman–Crippen MR) is 96.4 cm³/mol. The molecule has 0 aliphatic carbocycles. The minimum atomic E-state index is 0. The van der Waals surface area contributed by atoms with Crippen molar-refractivity contribution in [3.05, 3.63) is 47.3 Å². The van der Waals surface area contributed by atoms with Gasteiger partial charge in [0.05, 0.1) is 11.7 Å². The summed E-state index contributed by atoms with van der Waals surface area (Å²) in [6.45, 7) is 6.54. The van der Waals surface area contributed by atoms with E-state index in [1.165, 1.54) is 36.1 Å². The zero-order valence-electron chi connectivity index (χ0n) is 13.7. The number of fused-ring (bicyclic) bond motifs is 1. The number of hydrogen-bond acceptors (Lipinski definition) is 3. The average molecular weight is 333 g/mol. The Morgan fingerprint density at radius 3 is 2.78 bits per heavy atom. The Hall–Kier alpha value is -1.52. The quantitative estimate of drug-likeness (QED) is 0.935. The maximum Gasteiger partial charge on any atom is 0.0593 e. The summed E-state index contributed by atoms with van der Waals surface area (Å²) in [6, 6.07) is 9.42. The zero-order chi connectivity index (χ0) is 14.9. The van der Waals surface area contributed by atoms with E-state index in [2.05, 4.69) is 57.4 Å². The van der Waals surface area contributed by atoms with Crippen LogP contribution < -0.4 is 5.32 Å². The molecule has 1 saturated heterocycles. The number of piperidine rings is 1. The zero-order valence-corrected chi connectivity index (χ0v) is 14.5. The molecule has 1 aromatic heterocycles. The molecular weight excluding hydrogens is 308 g/mol. The van der Waals surface area contributed by atoms with Crippen molar-refractivity contribution in [3.63, 3.8) is 0 Å². The Morgan fingerprint density at radius 2 is 2.04 bits per heavy atom. The van der Waals surface area contributed by atoms with Gasteiger partial charge in [0.25, 0.3) is 0 Å². The summed E-state index contributed by atoms with van der Waals surface area (Å²) >= 11 is 0. The second kappa shape index (κ2) is 6.93. The Kier molecular flexibility index (Phi) is 4.93. The lowest BCUT2D eigenvalue weighted by atomic mass is 10.0. The molecule has 0 amide bonds. The summed E-state index contributed by atoms with van der Waals surface area (Å²) < 4.78 is 2.16. The molecule has 1 N–H and O–H groups in total. The maximum atomic E-state index is 4.58. The van der Waals surface area contributed by atoms with Crippen molar-refractivity contribution >= 4 is 18.1 Å². The summed E-state index contributed by atoms with van der Waals surface area (Å²) in [7, 11) is 0. The Balaban J connectivity index is 0.00000156. The molecule has 4 nitrogen and oxygen atoms in total. The third-order valence-electron chi connectivity index (χ3n) is 5.00. The molecule has 1 aromatic carbocycles. The molecular formula is C18H25ClN4. The molecule has 4 rings (SSSR count). The van der Waals surface area contributed by atoms with Gasteiger partial charge in [0.15, 0.2) is 0 Å². The van der Waals surface area contributed by atoms with Gasteiger partial charge in [-0.15, -0.1) is 12.4 Å². The van der Waals surface area contributed by atoms with Gasteiger partial charge in [-0.05, 0) is 43.4 Å². The van der Waals surface area contributed by atoms with E-state index in [-0.39, 0.29) is 12.4 Å². The van der Waals surface area contributed by atoms with E-state index in [1.54, 1.807) is 0 Å². The molecule has 2 aromatic rings. The van der Waals surface area contributed by atoms with Crippen LogP contribution in [-0.4, -0.2) is 34.3 Å². The summed E-state index contributed by atoms with van der Waals surface area (Å²) in [4.78, 5) is 2.59.